The van der Waals surface area contributed by atoms with Crippen LogP contribution in [0.5, 0.6) is 0 Å². The van der Waals surface area contributed by atoms with Gasteiger partial charge in [-0.1, -0.05) is 35.9 Å². The largest absolute Gasteiger partial charge is 0.352 e. The molecule has 0 saturated heterocycles. The Labute approximate surface area is 135 Å². The van der Waals surface area contributed by atoms with Crippen molar-refractivity contribution < 1.29 is 4.79 Å². The molecule has 0 bridgehead atoms. The molecular formula is C19H19N3O. The number of carbonyl (C=O) groups excluding carboxylic acids is 1. The molecule has 0 aliphatic rings. The molecule has 0 spiro atoms. The Balaban J connectivity index is 1.55. The molecule has 0 unspecified atom stereocenters. The van der Waals surface area contributed by atoms with Gasteiger partial charge in [0, 0.05) is 18.3 Å². The van der Waals surface area contributed by atoms with E-state index in [2.05, 4.69) is 10.4 Å². The lowest BCUT2D eigenvalue weighted by Gasteiger charge is -2.05. The Morgan fingerprint density at radius 3 is 2.74 bits per heavy atom. The fourth-order valence-electron chi connectivity index (χ4n) is 2.42. The number of aromatic nitrogens is 2. The highest BCUT2D eigenvalue weighted by molar-refractivity contribution is 5.94. The van der Waals surface area contributed by atoms with Crippen LogP contribution in [0.4, 0.5) is 0 Å². The van der Waals surface area contributed by atoms with Crippen molar-refractivity contribution in [1.82, 2.24) is 15.1 Å². The van der Waals surface area contributed by atoms with E-state index in [9.17, 15) is 4.79 Å². The Hall–Kier alpha value is -2.88. The average molecular weight is 305 g/mol. The van der Waals surface area contributed by atoms with Crippen LogP contribution in [0.3, 0.4) is 0 Å². The minimum Gasteiger partial charge on any atom is -0.352 e. The third-order valence-corrected chi connectivity index (χ3v) is 3.64. The Kier molecular flexibility index (Phi) is 4.52. The molecular weight excluding hydrogens is 286 g/mol. The van der Waals surface area contributed by atoms with Gasteiger partial charge in [0.25, 0.3) is 5.91 Å². The summed E-state index contributed by atoms with van der Waals surface area (Å²) in [7, 11) is 0. The summed E-state index contributed by atoms with van der Waals surface area (Å²) in [4.78, 5) is 12.1. The lowest BCUT2D eigenvalue weighted by molar-refractivity contribution is 0.0954. The van der Waals surface area contributed by atoms with Crippen LogP contribution in [-0.2, 0) is 6.42 Å². The summed E-state index contributed by atoms with van der Waals surface area (Å²) >= 11 is 0. The zero-order valence-electron chi connectivity index (χ0n) is 13.1. The number of carbonyl (C=O) groups is 1. The van der Waals surface area contributed by atoms with Gasteiger partial charge < -0.3 is 5.32 Å². The van der Waals surface area contributed by atoms with Crippen LogP contribution in [0.25, 0.3) is 5.69 Å². The van der Waals surface area contributed by atoms with Gasteiger partial charge in [0.15, 0.2) is 0 Å². The number of amides is 1. The maximum atomic E-state index is 12.1. The van der Waals surface area contributed by atoms with Gasteiger partial charge in [0.2, 0.25) is 0 Å². The molecule has 1 aromatic heterocycles. The van der Waals surface area contributed by atoms with Crippen molar-refractivity contribution >= 4 is 5.91 Å². The summed E-state index contributed by atoms with van der Waals surface area (Å²) < 4.78 is 1.84. The summed E-state index contributed by atoms with van der Waals surface area (Å²) in [5.74, 6) is -0.0378. The molecule has 0 fully saturated rings. The number of aryl methyl sites for hydroxylation is 1. The molecule has 0 saturated carbocycles. The zero-order chi connectivity index (χ0) is 16.1. The molecule has 3 aromatic rings. The van der Waals surface area contributed by atoms with Gasteiger partial charge in [-0.3, -0.25) is 4.79 Å². The Bertz CT molecular complexity index is 793. The lowest BCUT2D eigenvalue weighted by Crippen LogP contribution is -2.25. The summed E-state index contributed by atoms with van der Waals surface area (Å²) in [6.45, 7) is 2.57. The number of hydrogen-bond acceptors (Lipinski definition) is 2. The molecule has 3 rings (SSSR count). The molecule has 116 valence electrons. The second kappa shape index (κ2) is 6.92. The van der Waals surface area contributed by atoms with Gasteiger partial charge in [0.05, 0.1) is 11.9 Å². The molecule has 1 heterocycles. The van der Waals surface area contributed by atoms with E-state index in [1.165, 1.54) is 0 Å². The van der Waals surface area contributed by atoms with Gasteiger partial charge in [0.1, 0.15) is 0 Å². The van der Waals surface area contributed by atoms with Gasteiger partial charge in [-0.15, -0.1) is 0 Å². The first kappa shape index (κ1) is 15.0. The molecule has 1 amide bonds. The maximum absolute atomic E-state index is 12.1. The molecule has 0 aliphatic carbocycles. The van der Waals surface area contributed by atoms with Crippen LogP contribution >= 0.6 is 0 Å². The number of nitrogens with one attached hydrogen (secondary N) is 1. The third kappa shape index (κ3) is 3.86. The second-order valence-electron chi connectivity index (χ2n) is 5.50. The molecule has 4 heteroatoms. The van der Waals surface area contributed by atoms with Crippen LogP contribution in [0.15, 0.2) is 67.0 Å². The van der Waals surface area contributed by atoms with Crippen LogP contribution in [0.2, 0.25) is 0 Å². The first-order valence-corrected chi connectivity index (χ1v) is 7.66. The van der Waals surface area contributed by atoms with E-state index in [1.54, 1.807) is 0 Å². The number of rotatable bonds is 5. The quantitative estimate of drug-likeness (QED) is 0.787. The van der Waals surface area contributed by atoms with Crippen molar-refractivity contribution in [1.29, 1.82) is 0 Å². The number of hydrogen-bond donors (Lipinski definition) is 1. The minimum atomic E-state index is -0.0378. The maximum Gasteiger partial charge on any atom is 0.251 e. The zero-order valence-corrected chi connectivity index (χ0v) is 13.1. The normalized spacial score (nSPS) is 10.5. The number of nitrogens with zero attached hydrogens (tertiary/aromatic N) is 2. The van der Waals surface area contributed by atoms with E-state index in [-0.39, 0.29) is 5.91 Å². The van der Waals surface area contributed by atoms with Crippen molar-refractivity contribution in [3.8, 4) is 5.69 Å². The fraction of sp³-hybridized carbons (Fsp3) is 0.158. The van der Waals surface area contributed by atoms with Gasteiger partial charge in [-0.25, -0.2) is 4.68 Å². The van der Waals surface area contributed by atoms with Crippen LogP contribution in [0.1, 0.15) is 21.5 Å². The second-order valence-corrected chi connectivity index (χ2v) is 5.50. The van der Waals surface area contributed by atoms with Crippen molar-refractivity contribution in [3.63, 3.8) is 0 Å². The predicted octanol–water partition coefficient (Wildman–Crippen LogP) is 3.15. The molecule has 0 atom stereocenters. The first-order valence-electron chi connectivity index (χ1n) is 7.66. The monoisotopic (exact) mass is 305 g/mol. The van der Waals surface area contributed by atoms with Crippen molar-refractivity contribution in [2.45, 2.75) is 13.3 Å². The summed E-state index contributed by atoms with van der Waals surface area (Å²) in [5.41, 5.74) is 3.91. The van der Waals surface area contributed by atoms with Crippen LogP contribution in [-0.4, -0.2) is 22.2 Å². The highest BCUT2D eigenvalue weighted by Crippen LogP contribution is 2.08. The summed E-state index contributed by atoms with van der Waals surface area (Å²) in [6.07, 6.45) is 4.59. The van der Waals surface area contributed by atoms with E-state index < -0.39 is 0 Å². The van der Waals surface area contributed by atoms with Crippen molar-refractivity contribution in [2.24, 2.45) is 0 Å². The van der Waals surface area contributed by atoms with Gasteiger partial charge >= 0.3 is 0 Å². The van der Waals surface area contributed by atoms with Crippen molar-refractivity contribution in [2.75, 3.05) is 6.54 Å². The molecule has 23 heavy (non-hydrogen) atoms. The van der Waals surface area contributed by atoms with E-state index in [0.717, 1.165) is 23.2 Å². The molecule has 2 aromatic carbocycles. The molecule has 0 aliphatic heterocycles. The van der Waals surface area contributed by atoms with E-state index in [0.29, 0.717) is 12.1 Å². The number of benzene rings is 2. The van der Waals surface area contributed by atoms with E-state index >= 15 is 0 Å². The number of para-hydroxylation sites is 1. The van der Waals surface area contributed by atoms with Crippen LogP contribution < -0.4 is 5.32 Å². The van der Waals surface area contributed by atoms with Crippen molar-refractivity contribution in [3.05, 3.63) is 83.7 Å². The van der Waals surface area contributed by atoms with E-state index in [1.807, 2.05) is 78.6 Å². The fourth-order valence-corrected chi connectivity index (χ4v) is 2.42. The Morgan fingerprint density at radius 1 is 1.13 bits per heavy atom. The molecule has 0 radical (unpaired) electrons. The van der Waals surface area contributed by atoms with E-state index in [4.69, 9.17) is 0 Å². The molecule has 4 nitrogen and oxygen atoms in total. The summed E-state index contributed by atoms with van der Waals surface area (Å²) in [6, 6.07) is 17.6. The van der Waals surface area contributed by atoms with Gasteiger partial charge in [-0.05, 0) is 43.2 Å². The molecule has 1 N–H and O–H groups in total. The SMILES string of the molecule is Cc1cccc(C(=O)NCCc2cnn(-c3ccccc3)c2)c1. The standard InChI is InChI=1S/C19H19N3O/c1-15-6-5-7-17(12-15)19(23)20-11-10-16-13-21-22(14-16)18-8-3-2-4-9-18/h2-9,12-14H,10-11H2,1H3,(H,20,23). The minimum absolute atomic E-state index is 0.0378. The lowest BCUT2D eigenvalue weighted by atomic mass is 10.1. The highest BCUT2D eigenvalue weighted by Gasteiger charge is 2.05. The van der Waals surface area contributed by atoms with Crippen LogP contribution in [0, 0.1) is 6.92 Å². The smallest absolute Gasteiger partial charge is 0.251 e. The average Bonchev–Trinajstić information content (AvgIpc) is 3.04. The van der Waals surface area contributed by atoms with Gasteiger partial charge in [-0.2, -0.15) is 5.10 Å². The Morgan fingerprint density at radius 2 is 1.96 bits per heavy atom. The highest BCUT2D eigenvalue weighted by atomic mass is 16.1. The first-order chi connectivity index (χ1) is 11.2. The summed E-state index contributed by atoms with van der Waals surface area (Å²) in [5, 5.41) is 7.31. The predicted molar refractivity (Wildman–Crippen MR) is 90.8 cm³/mol. The third-order valence-electron chi connectivity index (χ3n) is 3.64. The topological polar surface area (TPSA) is 46.9 Å².